The van der Waals surface area contributed by atoms with Gasteiger partial charge in [0.15, 0.2) is 0 Å². The number of nitrogens with zero attached hydrogens (tertiary/aromatic N) is 1. The van der Waals surface area contributed by atoms with Crippen LogP contribution in [0.15, 0.2) is 21.1 Å². The van der Waals surface area contributed by atoms with Gasteiger partial charge in [-0.3, -0.25) is 0 Å². The average Bonchev–Trinajstić information content (AvgIpc) is 3.25. The molecule has 0 spiro atoms. The van der Waals surface area contributed by atoms with E-state index in [2.05, 4.69) is 54.2 Å². The van der Waals surface area contributed by atoms with E-state index in [1.807, 2.05) is 0 Å². The number of hydrogen-bond acceptors (Lipinski definition) is 3. The van der Waals surface area contributed by atoms with E-state index < -0.39 is 0 Å². The van der Waals surface area contributed by atoms with Crippen molar-refractivity contribution in [2.75, 3.05) is 31.6 Å². The molecule has 1 aliphatic carbocycles. The number of benzene rings is 1. The number of nitrogens with one attached hydrogen (secondary N) is 1. The van der Waals surface area contributed by atoms with Gasteiger partial charge in [-0.25, -0.2) is 0 Å². The molecular formula is C15H20Br2N2O. The predicted molar refractivity (Wildman–Crippen MR) is 89.7 cm³/mol. The SMILES string of the molecule is COc1cc(N2CCCNC(C3CC3)C2)c(Br)cc1Br. The highest BCUT2D eigenvalue weighted by Gasteiger charge is 2.33. The van der Waals surface area contributed by atoms with Crippen molar-refractivity contribution < 1.29 is 4.74 Å². The molecule has 2 aliphatic rings. The Balaban J connectivity index is 1.86. The van der Waals surface area contributed by atoms with Crippen LogP contribution in [-0.4, -0.2) is 32.8 Å². The first-order chi connectivity index (χ1) is 9.69. The molecule has 3 nitrogen and oxygen atoms in total. The third-order valence-electron chi connectivity index (χ3n) is 4.18. The molecule has 1 aliphatic heterocycles. The Morgan fingerprint density at radius 2 is 2.05 bits per heavy atom. The fourth-order valence-electron chi connectivity index (χ4n) is 2.90. The summed E-state index contributed by atoms with van der Waals surface area (Å²) in [6.45, 7) is 3.32. The number of hydrogen-bond donors (Lipinski definition) is 1. The Hall–Kier alpha value is -0.260. The number of methoxy groups -OCH3 is 1. The van der Waals surface area contributed by atoms with Gasteiger partial charge in [-0.2, -0.15) is 0 Å². The van der Waals surface area contributed by atoms with E-state index in [1.54, 1.807) is 7.11 Å². The van der Waals surface area contributed by atoms with Gasteiger partial charge in [0.2, 0.25) is 0 Å². The van der Waals surface area contributed by atoms with Crippen molar-refractivity contribution in [3.63, 3.8) is 0 Å². The lowest BCUT2D eigenvalue weighted by Gasteiger charge is -2.28. The average molecular weight is 404 g/mol. The third-order valence-corrected chi connectivity index (χ3v) is 5.44. The maximum Gasteiger partial charge on any atom is 0.135 e. The van der Waals surface area contributed by atoms with Crippen LogP contribution >= 0.6 is 31.9 Å². The Morgan fingerprint density at radius 3 is 2.75 bits per heavy atom. The molecule has 0 radical (unpaired) electrons. The minimum Gasteiger partial charge on any atom is -0.495 e. The van der Waals surface area contributed by atoms with Crippen LogP contribution in [-0.2, 0) is 0 Å². The molecule has 1 heterocycles. The molecule has 20 heavy (non-hydrogen) atoms. The van der Waals surface area contributed by atoms with Gasteiger partial charge in [0.1, 0.15) is 5.75 Å². The van der Waals surface area contributed by atoms with Crippen LogP contribution in [0.3, 0.4) is 0 Å². The van der Waals surface area contributed by atoms with Crippen LogP contribution in [0.5, 0.6) is 5.75 Å². The molecule has 1 unspecified atom stereocenters. The molecule has 0 bridgehead atoms. The van der Waals surface area contributed by atoms with Crippen molar-refractivity contribution in [2.24, 2.45) is 5.92 Å². The van der Waals surface area contributed by atoms with E-state index in [9.17, 15) is 0 Å². The topological polar surface area (TPSA) is 24.5 Å². The minimum absolute atomic E-state index is 0.638. The van der Waals surface area contributed by atoms with Gasteiger partial charge in [-0.05, 0) is 69.7 Å². The van der Waals surface area contributed by atoms with Crippen molar-refractivity contribution in [2.45, 2.75) is 25.3 Å². The fourth-order valence-corrected chi connectivity index (χ4v) is 4.31. The van der Waals surface area contributed by atoms with Crippen molar-refractivity contribution in [3.05, 3.63) is 21.1 Å². The molecule has 1 atom stereocenters. The second kappa shape index (κ2) is 6.24. The van der Waals surface area contributed by atoms with E-state index in [1.165, 1.54) is 24.9 Å². The summed E-state index contributed by atoms with van der Waals surface area (Å²) in [7, 11) is 1.72. The molecule has 2 fully saturated rings. The number of ether oxygens (including phenoxy) is 1. The summed E-state index contributed by atoms with van der Waals surface area (Å²) in [4.78, 5) is 2.49. The van der Waals surface area contributed by atoms with E-state index in [0.717, 1.165) is 40.2 Å². The van der Waals surface area contributed by atoms with Crippen LogP contribution in [0.25, 0.3) is 0 Å². The first kappa shape index (κ1) is 14.7. The Bertz CT molecular complexity index is 491. The van der Waals surface area contributed by atoms with Crippen LogP contribution in [0.1, 0.15) is 19.3 Å². The molecule has 1 aromatic rings. The van der Waals surface area contributed by atoms with Crippen molar-refractivity contribution in [1.29, 1.82) is 0 Å². The van der Waals surface area contributed by atoms with Crippen LogP contribution in [0, 0.1) is 5.92 Å². The summed E-state index contributed by atoms with van der Waals surface area (Å²) in [5.74, 6) is 1.77. The van der Waals surface area contributed by atoms with E-state index in [-0.39, 0.29) is 0 Å². The molecule has 1 saturated heterocycles. The van der Waals surface area contributed by atoms with Gasteiger partial charge in [0.25, 0.3) is 0 Å². The van der Waals surface area contributed by atoms with Crippen molar-refractivity contribution in [1.82, 2.24) is 5.32 Å². The van der Waals surface area contributed by atoms with Gasteiger partial charge < -0.3 is 15.0 Å². The fraction of sp³-hybridized carbons (Fsp3) is 0.600. The largest absolute Gasteiger partial charge is 0.495 e. The summed E-state index contributed by atoms with van der Waals surface area (Å²) in [5, 5.41) is 3.71. The van der Waals surface area contributed by atoms with Gasteiger partial charge in [0.05, 0.1) is 17.3 Å². The van der Waals surface area contributed by atoms with E-state index in [0.29, 0.717) is 6.04 Å². The lowest BCUT2D eigenvalue weighted by molar-refractivity contribution is 0.412. The summed E-state index contributed by atoms with van der Waals surface area (Å²) < 4.78 is 7.55. The Morgan fingerprint density at radius 1 is 1.25 bits per heavy atom. The predicted octanol–water partition coefficient (Wildman–Crippen LogP) is 3.80. The lowest BCUT2D eigenvalue weighted by atomic mass is 10.1. The zero-order valence-electron chi connectivity index (χ0n) is 11.7. The monoisotopic (exact) mass is 402 g/mol. The number of anilines is 1. The lowest BCUT2D eigenvalue weighted by Crippen LogP contribution is -2.39. The van der Waals surface area contributed by atoms with Gasteiger partial charge in [0, 0.05) is 29.7 Å². The number of halogens is 2. The minimum atomic E-state index is 0.638. The normalized spacial score (nSPS) is 23.6. The van der Waals surface area contributed by atoms with Crippen LogP contribution < -0.4 is 15.0 Å². The second-order valence-corrected chi connectivity index (χ2v) is 7.34. The smallest absolute Gasteiger partial charge is 0.135 e. The summed E-state index contributed by atoms with van der Waals surface area (Å²) in [6, 6.07) is 4.85. The maximum absolute atomic E-state index is 5.44. The van der Waals surface area contributed by atoms with E-state index in [4.69, 9.17) is 4.74 Å². The molecule has 3 rings (SSSR count). The van der Waals surface area contributed by atoms with Gasteiger partial charge in [-0.1, -0.05) is 0 Å². The summed E-state index contributed by atoms with van der Waals surface area (Å²) >= 11 is 7.24. The molecule has 110 valence electrons. The highest BCUT2D eigenvalue weighted by atomic mass is 79.9. The molecule has 0 amide bonds. The molecule has 5 heteroatoms. The van der Waals surface area contributed by atoms with Crippen molar-refractivity contribution >= 4 is 37.5 Å². The third kappa shape index (κ3) is 3.15. The molecule has 0 aromatic heterocycles. The maximum atomic E-state index is 5.44. The van der Waals surface area contributed by atoms with Gasteiger partial charge in [-0.15, -0.1) is 0 Å². The standard InChI is InChI=1S/C15H20Br2N2O/c1-20-15-8-14(11(16)7-12(15)17)19-6-2-5-18-13(9-19)10-3-4-10/h7-8,10,13,18H,2-6,9H2,1H3. The Kier molecular flexibility index (Phi) is 4.58. The molecular weight excluding hydrogens is 384 g/mol. The quantitative estimate of drug-likeness (QED) is 0.830. The molecule has 1 saturated carbocycles. The van der Waals surface area contributed by atoms with Gasteiger partial charge >= 0.3 is 0 Å². The first-order valence-electron chi connectivity index (χ1n) is 7.20. The molecule has 1 N–H and O–H groups in total. The highest BCUT2D eigenvalue weighted by molar-refractivity contribution is 9.11. The molecule has 1 aromatic carbocycles. The first-order valence-corrected chi connectivity index (χ1v) is 8.79. The van der Waals surface area contributed by atoms with Crippen LogP contribution in [0.4, 0.5) is 5.69 Å². The van der Waals surface area contributed by atoms with Crippen LogP contribution in [0.2, 0.25) is 0 Å². The highest BCUT2D eigenvalue weighted by Crippen LogP contribution is 2.39. The number of rotatable bonds is 3. The summed E-state index contributed by atoms with van der Waals surface area (Å²) in [6.07, 6.45) is 3.96. The zero-order valence-corrected chi connectivity index (χ0v) is 14.8. The zero-order chi connectivity index (χ0) is 14.1. The van der Waals surface area contributed by atoms with E-state index >= 15 is 0 Å². The second-order valence-electron chi connectivity index (χ2n) is 5.64. The summed E-state index contributed by atoms with van der Waals surface area (Å²) in [5.41, 5.74) is 1.24. The van der Waals surface area contributed by atoms with Crippen molar-refractivity contribution in [3.8, 4) is 5.75 Å². The Labute approximate surface area is 137 Å².